The van der Waals surface area contributed by atoms with Crippen molar-refractivity contribution in [3.05, 3.63) is 129 Å². The molecule has 2 amide bonds. The van der Waals surface area contributed by atoms with Gasteiger partial charge in [0, 0.05) is 57.5 Å². The smallest absolute Gasteiger partial charge is 0.422 e. The third kappa shape index (κ3) is 13.0. The number of nitrogens with one attached hydrogen (secondary N) is 2. The van der Waals surface area contributed by atoms with Gasteiger partial charge in [-0.1, -0.05) is 85.5 Å². The van der Waals surface area contributed by atoms with E-state index in [0.717, 1.165) is 23.1 Å². The lowest BCUT2D eigenvalue weighted by molar-refractivity contribution is -0.154. The van der Waals surface area contributed by atoms with E-state index in [1.807, 2.05) is 58.0 Å². The summed E-state index contributed by atoms with van der Waals surface area (Å²) in [5, 5.41) is 14.6. The molecule has 1 saturated carbocycles. The molecule has 0 radical (unpaired) electrons. The summed E-state index contributed by atoms with van der Waals surface area (Å²) in [4.78, 5) is 33.6. The largest absolute Gasteiger partial charge is 0.477 e. The van der Waals surface area contributed by atoms with Crippen LogP contribution in [0.1, 0.15) is 96.0 Å². The molecule has 0 unspecified atom stereocenters. The number of alkyl halides is 3. The van der Waals surface area contributed by atoms with E-state index in [1.54, 1.807) is 42.6 Å². The van der Waals surface area contributed by atoms with Gasteiger partial charge in [-0.3, -0.25) is 9.59 Å². The van der Waals surface area contributed by atoms with Crippen molar-refractivity contribution >= 4 is 35.0 Å². The molecule has 1 aliphatic rings. The number of amides is 2. The molecule has 0 saturated heterocycles. The monoisotopic (exact) mass is 878 g/mol. The van der Waals surface area contributed by atoms with Crippen LogP contribution in [-0.4, -0.2) is 51.5 Å². The summed E-state index contributed by atoms with van der Waals surface area (Å²) in [6.07, 6.45) is 0.554. The first-order valence-electron chi connectivity index (χ1n) is 19.4. The van der Waals surface area contributed by atoms with Gasteiger partial charge >= 0.3 is 6.18 Å². The zero-order valence-corrected chi connectivity index (χ0v) is 35.2. The zero-order chi connectivity index (χ0) is 43.7. The topological polar surface area (TPSA) is 154 Å². The van der Waals surface area contributed by atoms with Crippen LogP contribution in [-0.2, 0) is 13.1 Å². The Bertz CT molecular complexity index is 2420. The van der Waals surface area contributed by atoms with Crippen molar-refractivity contribution in [3.63, 3.8) is 0 Å². The number of pyridine rings is 2. The Morgan fingerprint density at radius 1 is 0.705 bits per heavy atom. The Hall–Kier alpha value is -5.93. The highest BCUT2D eigenvalue weighted by molar-refractivity contribution is 6.31. The van der Waals surface area contributed by atoms with Crippen LogP contribution in [0.3, 0.4) is 0 Å². The van der Waals surface area contributed by atoms with Crippen LogP contribution in [0, 0.1) is 5.92 Å². The summed E-state index contributed by atoms with van der Waals surface area (Å²) in [5.41, 5.74) is 4.23. The molecule has 2 N–H and O–H groups in total. The van der Waals surface area contributed by atoms with Gasteiger partial charge in [-0.2, -0.15) is 13.2 Å². The molecule has 17 heteroatoms. The predicted octanol–water partition coefficient (Wildman–Crippen LogP) is 10.6. The molecular formula is C44H43Cl2F3N6O6. The van der Waals surface area contributed by atoms with Crippen LogP contribution >= 0.6 is 23.2 Å². The van der Waals surface area contributed by atoms with Crippen molar-refractivity contribution in [1.29, 1.82) is 0 Å². The first kappa shape index (κ1) is 44.6. The maximum absolute atomic E-state index is 12.7. The minimum atomic E-state index is -4.53. The minimum Gasteiger partial charge on any atom is -0.477 e. The number of carbonyl (C=O) groups is 2. The SMILES string of the molecule is CC(C)c1cc(CNC(=O)c2cnc(OCC(F)(F)F)c(-c3ccc(Cl)cc3)c2)no1.CC(C)c1cc(CNC(=O)c2cnc(OCC3CC3)c(-c3ccc(Cl)cc3)c2)no1. The molecule has 0 spiro atoms. The Morgan fingerprint density at radius 3 is 1.51 bits per heavy atom. The number of benzene rings is 2. The lowest BCUT2D eigenvalue weighted by Crippen LogP contribution is -2.23. The molecule has 0 bridgehead atoms. The number of rotatable bonds is 15. The number of halogens is 5. The Labute approximate surface area is 360 Å². The lowest BCUT2D eigenvalue weighted by Gasteiger charge is -2.14. The molecule has 12 nitrogen and oxygen atoms in total. The van der Waals surface area contributed by atoms with E-state index in [0.29, 0.717) is 56.7 Å². The zero-order valence-electron chi connectivity index (χ0n) is 33.7. The van der Waals surface area contributed by atoms with E-state index in [4.69, 9.17) is 41.7 Å². The van der Waals surface area contributed by atoms with Gasteiger partial charge in [-0.15, -0.1) is 0 Å². The van der Waals surface area contributed by atoms with Gasteiger partial charge in [0.15, 0.2) is 6.61 Å². The number of ether oxygens (including phenoxy) is 2. The number of nitrogens with zero attached hydrogens (tertiary/aromatic N) is 4. The standard InChI is InChI=1S/C23H24ClN3O3.C21H19ClF3N3O3/c1-14(2)21-10-19(27-30-21)12-25-22(28)17-9-20(16-5-7-18(24)8-6-16)23(26-11-17)29-13-15-3-4-15;1-12(2)18-8-16(28-31-18)10-26-19(29)14-7-17(13-3-5-15(22)6-4-13)20(27-9-14)30-11-21(23,24)25/h5-11,14-15H,3-4,12-13H2,1-2H3,(H,25,28);3-9,12H,10-11H2,1-2H3,(H,26,29). The Kier molecular flexibility index (Phi) is 14.7. The van der Waals surface area contributed by atoms with Crippen molar-refractivity contribution in [2.24, 2.45) is 5.92 Å². The van der Waals surface area contributed by atoms with Gasteiger partial charge in [-0.25, -0.2) is 9.97 Å². The second-order valence-corrected chi connectivity index (χ2v) is 15.8. The normalized spacial score (nSPS) is 12.5. The van der Waals surface area contributed by atoms with E-state index in [9.17, 15) is 22.8 Å². The Morgan fingerprint density at radius 2 is 1.13 bits per heavy atom. The molecule has 2 aromatic carbocycles. The van der Waals surface area contributed by atoms with Gasteiger partial charge in [0.1, 0.15) is 22.9 Å². The van der Waals surface area contributed by atoms with Crippen molar-refractivity contribution in [1.82, 2.24) is 30.9 Å². The maximum Gasteiger partial charge on any atom is 0.422 e. The van der Waals surface area contributed by atoms with Gasteiger partial charge in [0.05, 0.1) is 30.8 Å². The molecule has 4 aromatic heterocycles. The van der Waals surface area contributed by atoms with E-state index in [1.165, 1.54) is 18.9 Å². The summed E-state index contributed by atoms with van der Waals surface area (Å²) in [5.74, 6) is 2.08. The van der Waals surface area contributed by atoms with Crippen LogP contribution in [0.15, 0.2) is 94.2 Å². The summed E-state index contributed by atoms with van der Waals surface area (Å²) in [6.45, 7) is 7.51. The summed E-state index contributed by atoms with van der Waals surface area (Å²) < 4.78 is 59.1. The summed E-state index contributed by atoms with van der Waals surface area (Å²) >= 11 is 11.9. The van der Waals surface area contributed by atoms with Crippen LogP contribution in [0.4, 0.5) is 13.2 Å². The van der Waals surface area contributed by atoms with Gasteiger partial charge in [-0.05, 0) is 66.3 Å². The summed E-state index contributed by atoms with van der Waals surface area (Å²) in [7, 11) is 0. The van der Waals surface area contributed by atoms with Crippen molar-refractivity contribution < 1.29 is 41.3 Å². The number of hydrogen-bond acceptors (Lipinski definition) is 10. The third-order valence-electron chi connectivity index (χ3n) is 9.21. The number of carbonyl (C=O) groups excluding carboxylic acids is 2. The molecule has 1 aliphatic carbocycles. The Balaban J connectivity index is 0.000000204. The molecule has 0 aliphatic heterocycles. The lowest BCUT2D eigenvalue weighted by atomic mass is 10.0. The van der Waals surface area contributed by atoms with Gasteiger partial charge in [0.2, 0.25) is 11.8 Å². The summed E-state index contributed by atoms with van der Waals surface area (Å²) in [6, 6.07) is 20.6. The number of hydrogen-bond donors (Lipinski definition) is 2. The quantitative estimate of drug-likeness (QED) is 0.102. The molecule has 4 heterocycles. The van der Waals surface area contributed by atoms with E-state index >= 15 is 0 Å². The van der Waals surface area contributed by atoms with Crippen molar-refractivity contribution in [3.8, 4) is 34.0 Å². The fourth-order valence-electron chi connectivity index (χ4n) is 5.60. The maximum atomic E-state index is 12.7. The molecule has 320 valence electrons. The first-order chi connectivity index (χ1) is 29.1. The second-order valence-electron chi connectivity index (χ2n) is 14.9. The average Bonchev–Trinajstić information content (AvgIpc) is 3.71. The average molecular weight is 880 g/mol. The van der Waals surface area contributed by atoms with Crippen LogP contribution in [0.25, 0.3) is 22.3 Å². The fourth-order valence-corrected chi connectivity index (χ4v) is 5.85. The molecule has 7 rings (SSSR count). The molecule has 1 fully saturated rings. The highest BCUT2D eigenvalue weighted by Crippen LogP contribution is 2.34. The van der Waals surface area contributed by atoms with Gasteiger partial charge in [0.25, 0.3) is 11.8 Å². The number of aromatic nitrogens is 4. The van der Waals surface area contributed by atoms with Crippen LogP contribution in [0.2, 0.25) is 10.0 Å². The van der Waals surface area contributed by atoms with Crippen molar-refractivity contribution in [2.45, 2.75) is 71.6 Å². The van der Waals surface area contributed by atoms with E-state index in [2.05, 4.69) is 30.9 Å². The second kappa shape index (κ2) is 20.1. The van der Waals surface area contributed by atoms with E-state index in [-0.39, 0.29) is 47.8 Å². The fraction of sp³-hybridized carbons (Fsp3) is 0.318. The highest BCUT2D eigenvalue weighted by Gasteiger charge is 2.30. The van der Waals surface area contributed by atoms with E-state index < -0.39 is 18.7 Å². The van der Waals surface area contributed by atoms with Crippen molar-refractivity contribution in [2.75, 3.05) is 13.2 Å². The minimum absolute atomic E-state index is 0.123. The predicted molar refractivity (Wildman–Crippen MR) is 223 cm³/mol. The third-order valence-corrected chi connectivity index (χ3v) is 9.72. The molecule has 61 heavy (non-hydrogen) atoms. The van der Waals surface area contributed by atoms with Crippen LogP contribution in [0.5, 0.6) is 11.8 Å². The van der Waals surface area contributed by atoms with Gasteiger partial charge < -0.3 is 29.2 Å². The van der Waals surface area contributed by atoms with Crippen LogP contribution < -0.4 is 20.1 Å². The highest BCUT2D eigenvalue weighted by atomic mass is 35.5. The molecule has 6 aromatic rings. The molecular weight excluding hydrogens is 836 g/mol. The first-order valence-corrected chi connectivity index (χ1v) is 20.2. The molecule has 0 atom stereocenters.